The zero-order chi connectivity index (χ0) is 17.7. The Morgan fingerprint density at radius 1 is 1.00 bits per heavy atom. The smallest absolute Gasteiger partial charge is 0.241 e. The minimum Gasteiger partial charge on any atom is -0.493 e. The summed E-state index contributed by atoms with van der Waals surface area (Å²) in [7, 11) is -0.496. The van der Waals surface area contributed by atoms with E-state index in [-0.39, 0.29) is 4.90 Å². The number of thioether (sulfide) groups is 1. The normalized spacial score (nSPS) is 12.7. The lowest BCUT2D eigenvalue weighted by atomic mass is 10.1. The van der Waals surface area contributed by atoms with Crippen LogP contribution in [0.4, 0.5) is 0 Å². The third kappa shape index (κ3) is 4.23. The minimum atomic E-state index is -3.60. The van der Waals surface area contributed by atoms with Crippen LogP contribution in [0.5, 0.6) is 11.5 Å². The van der Waals surface area contributed by atoms with Crippen molar-refractivity contribution in [2.75, 3.05) is 20.5 Å². The molecule has 0 saturated heterocycles. The molecule has 0 aliphatic carbocycles. The van der Waals surface area contributed by atoms with Gasteiger partial charge in [0.1, 0.15) is 0 Å². The highest BCUT2D eigenvalue weighted by Gasteiger charge is 2.19. The fraction of sp³-hybridized carbons (Fsp3) is 0.294. The molecule has 0 bridgehead atoms. The summed E-state index contributed by atoms with van der Waals surface area (Å²) in [5, 5.41) is 0. The van der Waals surface area contributed by atoms with Crippen molar-refractivity contribution in [3.05, 3.63) is 48.0 Å². The predicted molar refractivity (Wildman–Crippen MR) is 96.5 cm³/mol. The van der Waals surface area contributed by atoms with Gasteiger partial charge in [0, 0.05) is 10.9 Å². The van der Waals surface area contributed by atoms with E-state index in [9.17, 15) is 8.42 Å². The molecule has 2 rings (SSSR count). The molecular weight excluding hydrogens is 346 g/mol. The second kappa shape index (κ2) is 7.92. The van der Waals surface area contributed by atoms with E-state index in [1.54, 1.807) is 69.3 Å². The number of nitrogens with one attached hydrogen (secondary N) is 1. The van der Waals surface area contributed by atoms with Crippen LogP contribution in [0, 0.1) is 0 Å². The summed E-state index contributed by atoms with van der Waals surface area (Å²) in [6.07, 6.45) is 1.95. The fourth-order valence-corrected chi connectivity index (χ4v) is 3.89. The molecule has 0 aliphatic rings. The van der Waals surface area contributed by atoms with Gasteiger partial charge in [-0.25, -0.2) is 13.1 Å². The van der Waals surface area contributed by atoms with Crippen LogP contribution in [0.1, 0.15) is 18.5 Å². The molecule has 5 nitrogen and oxygen atoms in total. The van der Waals surface area contributed by atoms with E-state index in [0.717, 1.165) is 10.5 Å². The number of benzene rings is 2. The Kier molecular flexibility index (Phi) is 6.15. The maximum absolute atomic E-state index is 12.5. The molecule has 2 aromatic carbocycles. The van der Waals surface area contributed by atoms with Gasteiger partial charge in [-0.05, 0) is 55.1 Å². The number of rotatable bonds is 7. The Balaban J connectivity index is 2.22. The lowest BCUT2D eigenvalue weighted by molar-refractivity contribution is 0.354. The van der Waals surface area contributed by atoms with Gasteiger partial charge in [0.15, 0.2) is 11.5 Å². The van der Waals surface area contributed by atoms with Crippen molar-refractivity contribution in [1.29, 1.82) is 0 Å². The third-order valence-electron chi connectivity index (χ3n) is 3.61. The molecule has 0 spiro atoms. The number of hydrogen-bond acceptors (Lipinski definition) is 5. The average molecular weight is 367 g/mol. The molecule has 7 heteroatoms. The molecule has 24 heavy (non-hydrogen) atoms. The third-order valence-corrected chi connectivity index (χ3v) is 5.91. The Morgan fingerprint density at radius 2 is 1.62 bits per heavy atom. The first kappa shape index (κ1) is 18.6. The van der Waals surface area contributed by atoms with Crippen molar-refractivity contribution in [2.24, 2.45) is 0 Å². The maximum atomic E-state index is 12.5. The molecule has 0 fully saturated rings. The van der Waals surface area contributed by atoms with Gasteiger partial charge in [-0.3, -0.25) is 0 Å². The van der Waals surface area contributed by atoms with Crippen LogP contribution in [-0.4, -0.2) is 28.9 Å². The molecule has 130 valence electrons. The Hall–Kier alpha value is -1.70. The Bertz CT molecular complexity index is 789. The fourth-order valence-electron chi connectivity index (χ4n) is 2.25. The summed E-state index contributed by atoms with van der Waals surface area (Å²) >= 11 is 1.57. The molecule has 0 saturated carbocycles. The summed E-state index contributed by atoms with van der Waals surface area (Å²) < 4.78 is 38.2. The topological polar surface area (TPSA) is 64.6 Å². The molecular formula is C17H21NO4S2. The number of ether oxygens (including phenoxy) is 2. The molecule has 1 N–H and O–H groups in total. The quantitative estimate of drug-likeness (QED) is 0.759. The SMILES string of the molecule is COc1ccc([C@H](C)NS(=O)(=O)c2ccc(SC)cc2)cc1OC. The van der Waals surface area contributed by atoms with Crippen molar-refractivity contribution in [3.63, 3.8) is 0 Å². The molecule has 0 amide bonds. The van der Waals surface area contributed by atoms with Crippen molar-refractivity contribution in [2.45, 2.75) is 22.8 Å². The van der Waals surface area contributed by atoms with Crippen molar-refractivity contribution < 1.29 is 17.9 Å². The van der Waals surface area contributed by atoms with E-state index < -0.39 is 16.1 Å². The highest BCUT2D eigenvalue weighted by Crippen LogP contribution is 2.30. The van der Waals surface area contributed by atoms with Gasteiger partial charge in [-0.15, -0.1) is 11.8 Å². The lowest BCUT2D eigenvalue weighted by Crippen LogP contribution is -2.26. The monoisotopic (exact) mass is 367 g/mol. The van der Waals surface area contributed by atoms with Gasteiger partial charge in [0.2, 0.25) is 10.0 Å². The summed E-state index contributed by atoms with van der Waals surface area (Å²) in [6, 6.07) is 11.7. The molecule has 1 atom stereocenters. The van der Waals surface area contributed by atoms with Gasteiger partial charge in [-0.2, -0.15) is 0 Å². The zero-order valence-corrected chi connectivity index (χ0v) is 15.7. The molecule has 0 radical (unpaired) electrons. The lowest BCUT2D eigenvalue weighted by Gasteiger charge is -2.17. The predicted octanol–water partition coefficient (Wildman–Crippen LogP) is 3.47. The van der Waals surface area contributed by atoms with Crippen LogP contribution < -0.4 is 14.2 Å². The second-order valence-electron chi connectivity index (χ2n) is 5.13. The van der Waals surface area contributed by atoms with Crippen LogP contribution in [0.15, 0.2) is 52.3 Å². The van der Waals surface area contributed by atoms with E-state index in [1.165, 1.54) is 0 Å². The number of methoxy groups -OCH3 is 2. The maximum Gasteiger partial charge on any atom is 0.241 e. The van der Waals surface area contributed by atoms with Crippen LogP contribution in [-0.2, 0) is 10.0 Å². The van der Waals surface area contributed by atoms with E-state index in [2.05, 4.69) is 4.72 Å². The van der Waals surface area contributed by atoms with Gasteiger partial charge in [0.05, 0.1) is 19.1 Å². The highest BCUT2D eigenvalue weighted by molar-refractivity contribution is 7.98. The van der Waals surface area contributed by atoms with Gasteiger partial charge in [-0.1, -0.05) is 6.07 Å². The van der Waals surface area contributed by atoms with Crippen LogP contribution >= 0.6 is 11.8 Å². The molecule has 0 aromatic heterocycles. The number of sulfonamides is 1. The van der Waals surface area contributed by atoms with Crippen LogP contribution in [0.2, 0.25) is 0 Å². The minimum absolute atomic E-state index is 0.243. The molecule has 0 aliphatic heterocycles. The highest BCUT2D eigenvalue weighted by atomic mass is 32.2. The zero-order valence-electron chi connectivity index (χ0n) is 14.1. The van der Waals surface area contributed by atoms with E-state index in [1.807, 2.05) is 12.3 Å². The summed E-state index contributed by atoms with van der Waals surface area (Å²) in [5.41, 5.74) is 0.789. The Morgan fingerprint density at radius 3 is 2.17 bits per heavy atom. The molecule has 2 aromatic rings. The van der Waals surface area contributed by atoms with Crippen molar-refractivity contribution in [1.82, 2.24) is 4.72 Å². The Labute approximate surface area is 147 Å². The standard InChI is InChI=1S/C17H21NO4S2/c1-12(13-5-10-16(21-2)17(11-13)22-3)18-24(19,20)15-8-6-14(23-4)7-9-15/h5-12,18H,1-4H3/t12-/m0/s1. The summed E-state index contributed by atoms with van der Waals surface area (Å²) in [5.74, 6) is 1.16. The van der Waals surface area contributed by atoms with Gasteiger partial charge >= 0.3 is 0 Å². The number of hydrogen-bond donors (Lipinski definition) is 1. The largest absolute Gasteiger partial charge is 0.493 e. The first-order valence-corrected chi connectivity index (χ1v) is 10.0. The van der Waals surface area contributed by atoms with E-state index >= 15 is 0 Å². The van der Waals surface area contributed by atoms with Crippen molar-refractivity contribution in [3.8, 4) is 11.5 Å². The van der Waals surface area contributed by atoms with Crippen LogP contribution in [0.25, 0.3) is 0 Å². The van der Waals surface area contributed by atoms with Gasteiger partial charge < -0.3 is 9.47 Å². The average Bonchev–Trinajstić information content (AvgIpc) is 2.60. The van der Waals surface area contributed by atoms with Crippen LogP contribution in [0.3, 0.4) is 0 Å². The molecule has 0 heterocycles. The first-order chi connectivity index (χ1) is 11.4. The van der Waals surface area contributed by atoms with E-state index in [4.69, 9.17) is 9.47 Å². The molecule has 0 unspecified atom stereocenters. The van der Waals surface area contributed by atoms with Crippen molar-refractivity contribution >= 4 is 21.8 Å². The van der Waals surface area contributed by atoms with Gasteiger partial charge in [0.25, 0.3) is 0 Å². The summed E-state index contributed by atoms with van der Waals surface area (Å²) in [4.78, 5) is 1.26. The second-order valence-corrected chi connectivity index (χ2v) is 7.73. The van der Waals surface area contributed by atoms with E-state index in [0.29, 0.717) is 11.5 Å². The first-order valence-electron chi connectivity index (χ1n) is 7.29. The summed E-state index contributed by atoms with van der Waals surface area (Å²) in [6.45, 7) is 1.79.